The first-order valence-corrected chi connectivity index (χ1v) is 13.2. The number of amides is 2. The lowest BCUT2D eigenvalue weighted by Gasteiger charge is -2.34. The molecule has 4 rings (SSSR count). The van der Waals surface area contributed by atoms with E-state index >= 15 is 0 Å². The highest BCUT2D eigenvalue weighted by Crippen LogP contribution is 2.33. The summed E-state index contributed by atoms with van der Waals surface area (Å²) in [4.78, 5) is 51.7. The van der Waals surface area contributed by atoms with E-state index in [1.165, 1.54) is 0 Å². The van der Waals surface area contributed by atoms with Crippen LogP contribution in [0.1, 0.15) is 67.7 Å². The zero-order valence-electron chi connectivity index (χ0n) is 22.3. The van der Waals surface area contributed by atoms with Gasteiger partial charge in [-0.1, -0.05) is 26.0 Å². The average Bonchev–Trinajstić information content (AvgIpc) is 3.22. The van der Waals surface area contributed by atoms with Crippen molar-refractivity contribution in [2.24, 2.45) is 0 Å². The molecule has 1 aromatic carbocycles. The topological polar surface area (TPSA) is 128 Å². The molecule has 11 nitrogen and oxygen atoms in total. The van der Waals surface area contributed by atoms with Crippen LogP contribution in [0.25, 0.3) is 0 Å². The number of aromatic nitrogens is 2. The van der Waals surface area contributed by atoms with E-state index in [-0.39, 0.29) is 18.2 Å². The molecule has 2 amide bonds. The van der Waals surface area contributed by atoms with Gasteiger partial charge in [0.1, 0.15) is 17.3 Å². The zero-order chi connectivity index (χ0) is 27.2. The second-order valence-electron chi connectivity index (χ2n) is 9.63. The number of nitrogens with one attached hydrogen (secondary N) is 1. The van der Waals surface area contributed by atoms with Crippen molar-refractivity contribution in [3.8, 4) is 5.75 Å². The van der Waals surface area contributed by atoms with Crippen LogP contribution in [0.5, 0.6) is 5.75 Å². The van der Waals surface area contributed by atoms with E-state index in [4.69, 9.17) is 9.72 Å². The van der Waals surface area contributed by atoms with E-state index < -0.39 is 12.0 Å². The van der Waals surface area contributed by atoms with Gasteiger partial charge in [0.25, 0.3) is 5.91 Å². The number of fused-ring (bicyclic) bond motifs is 1. The van der Waals surface area contributed by atoms with Crippen molar-refractivity contribution >= 4 is 29.5 Å². The Hall–Kier alpha value is -3.89. The fourth-order valence-electron chi connectivity index (χ4n) is 4.75. The number of benzene rings is 1. The molecule has 2 aliphatic rings. The minimum absolute atomic E-state index is 0.0230. The summed E-state index contributed by atoms with van der Waals surface area (Å²) in [6, 6.07) is 6.79. The SMILES string of the molecule is CCCOc1ccc(C(CC(=O)O)Nc2nc(N3CCN(C(C)=O)CC3)nc3c2CN(CCC)C3=O)cc1. The van der Waals surface area contributed by atoms with Gasteiger partial charge >= 0.3 is 5.97 Å². The standard InChI is InChI=1S/C27H36N6O5/c1-4-10-33-17-21-24(26(33)37)29-27(32-13-11-31(12-14-32)18(3)34)30-25(21)28-22(16-23(35)36)19-6-8-20(9-7-19)38-15-5-2/h6-9,22H,4-5,10-17H2,1-3H3,(H,35,36)(H,28,29,30). The van der Waals surface area contributed by atoms with Crippen molar-refractivity contribution < 1.29 is 24.2 Å². The molecule has 0 radical (unpaired) electrons. The summed E-state index contributed by atoms with van der Waals surface area (Å²) in [7, 11) is 0. The minimum Gasteiger partial charge on any atom is -0.494 e. The number of ether oxygens (including phenoxy) is 1. The van der Waals surface area contributed by atoms with Crippen molar-refractivity contribution in [1.82, 2.24) is 19.8 Å². The number of piperazine rings is 1. The van der Waals surface area contributed by atoms with Gasteiger partial charge in [-0.3, -0.25) is 14.4 Å². The number of hydrogen-bond acceptors (Lipinski definition) is 8. The highest BCUT2D eigenvalue weighted by atomic mass is 16.5. The molecule has 0 aliphatic carbocycles. The Bertz CT molecular complexity index is 1160. The summed E-state index contributed by atoms with van der Waals surface area (Å²) in [5.74, 6) is 0.504. The first kappa shape index (κ1) is 27.2. The van der Waals surface area contributed by atoms with Gasteiger partial charge in [0.05, 0.1) is 25.6 Å². The van der Waals surface area contributed by atoms with E-state index in [1.807, 2.05) is 43.0 Å². The number of rotatable bonds is 11. The summed E-state index contributed by atoms with van der Waals surface area (Å²) in [6.07, 6.45) is 1.53. The number of anilines is 2. The summed E-state index contributed by atoms with van der Waals surface area (Å²) in [5.41, 5.74) is 1.79. The number of aliphatic carboxylic acids is 1. The largest absolute Gasteiger partial charge is 0.494 e. The minimum atomic E-state index is -0.955. The van der Waals surface area contributed by atoms with Crippen LogP contribution in [0.2, 0.25) is 0 Å². The van der Waals surface area contributed by atoms with E-state index in [0.717, 1.165) is 24.2 Å². The van der Waals surface area contributed by atoms with E-state index in [2.05, 4.69) is 10.3 Å². The lowest BCUT2D eigenvalue weighted by Crippen LogP contribution is -2.48. The normalized spacial score (nSPS) is 15.9. The van der Waals surface area contributed by atoms with Gasteiger partial charge in [-0.05, 0) is 30.5 Å². The molecule has 0 bridgehead atoms. The Labute approximate surface area is 222 Å². The van der Waals surface area contributed by atoms with Crippen LogP contribution in [-0.2, 0) is 16.1 Å². The van der Waals surface area contributed by atoms with Crippen molar-refractivity contribution in [3.63, 3.8) is 0 Å². The number of hydrogen-bond donors (Lipinski definition) is 2. The molecule has 1 saturated heterocycles. The van der Waals surface area contributed by atoms with Crippen LogP contribution in [-0.4, -0.2) is 82.0 Å². The van der Waals surface area contributed by atoms with Gasteiger partial charge in [-0.15, -0.1) is 0 Å². The maximum absolute atomic E-state index is 13.2. The predicted molar refractivity (Wildman–Crippen MR) is 142 cm³/mol. The fourth-order valence-corrected chi connectivity index (χ4v) is 4.75. The molecule has 11 heteroatoms. The Morgan fingerprint density at radius 1 is 1.08 bits per heavy atom. The number of nitrogens with zero attached hydrogens (tertiary/aromatic N) is 5. The number of carboxylic acid groups (broad SMARTS) is 1. The third kappa shape index (κ3) is 6.15. The highest BCUT2D eigenvalue weighted by Gasteiger charge is 2.34. The molecule has 0 spiro atoms. The van der Waals surface area contributed by atoms with Crippen LogP contribution in [0.15, 0.2) is 24.3 Å². The van der Waals surface area contributed by atoms with Crippen molar-refractivity contribution in [1.29, 1.82) is 0 Å². The lowest BCUT2D eigenvalue weighted by atomic mass is 10.0. The van der Waals surface area contributed by atoms with Crippen LogP contribution in [0.4, 0.5) is 11.8 Å². The van der Waals surface area contributed by atoms with Crippen LogP contribution >= 0.6 is 0 Å². The molecular weight excluding hydrogens is 488 g/mol. The molecule has 2 aromatic rings. The Balaban J connectivity index is 1.66. The highest BCUT2D eigenvalue weighted by molar-refractivity contribution is 5.98. The fraction of sp³-hybridized carbons (Fsp3) is 0.519. The number of carbonyl (C=O) groups excluding carboxylic acids is 2. The van der Waals surface area contributed by atoms with E-state index in [1.54, 1.807) is 16.7 Å². The van der Waals surface area contributed by atoms with Crippen LogP contribution < -0.4 is 15.0 Å². The van der Waals surface area contributed by atoms with Gasteiger partial charge in [0.2, 0.25) is 11.9 Å². The second kappa shape index (κ2) is 12.1. The van der Waals surface area contributed by atoms with Gasteiger partial charge in [-0.25, -0.2) is 4.98 Å². The third-order valence-corrected chi connectivity index (χ3v) is 6.78. The van der Waals surface area contributed by atoms with Crippen molar-refractivity contribution in [2.75, 3.05) is 49.5 Å². The molecule has 38 heavy (non-hydrogen) atoms. The molecule has 204 valence electrons. The molecule has 1 unspecified atom stereocenters. The zero-order valence-corrected chi connectivity index (χ0v) is 22.3. The van der Waals surface area contributed by atoms with Crippen LogP contribution in [0.3, 0.4) is 0 Å². The van der Waals surface area contributed by atoms with Crippen molar-refractivity contribution in [3.05, 3.63) is 41.1 Å². The molecule has 2 N–H and O–H groups in total. The smallest absolute Gasteiger partial charge is 0.305 e. The molecule has 1 atom stereocenters. The average molecular weight is 525 g/mol. The summed E-state index contributed by atoms with van der Waals surface area (Å²) >= 11 is 0. The van der Waals surface area contributed by atoms with Crippen LogP contribution in [0, 0.1) is 0 Å². The van der Waals surface area contributed by atoms with Gasteiger partial charge in [0.15, 0.2) is 0 Å². The van der Waals surface area contributed by atoms with Crippen molar-refractivity contribution in [2.45, 2.75) is 52.6 Å². The first-order valence-electron chi connectivity index (χ1n) is 13.2. The summed E-state index contributed by atoms with van der Waals surface area (Å²) in [6.45, 7) is 9.34. The Kier molecular flexibility index (Phi) is 8.65. The van der Waals surface area contributed by atoms with Gasteiger partial charge in [0, 0.05) is 45.2 Å². The molecule has 3 heterocycles. The maximum atomic E-state index is 13.2. The molecule has 1 fully saturated rings. The quantitative estimate of drug-likeness (QED) is 0.456. The molecular formula is C27H36N6O5. The monoisotopic (exact) mass is 524 g/mol. The first-order chi connectivity index (χ1) is 18.3. The lowest BCUT2D eigenvalue weighted by molar-refractivity contribution is -0.137. The number of carboxylic acids is 1. The number of carbonyl (C=O) groups is 3. The predicted octanol–water partition coefficient (Wildman–Crippen LogP) is 2.93. The third-order valence-electron chi connectivity index (χ3n) is 6.78. The molecule has 0 saturated carbocycles. The second-order valence-corrected chi connectivity index (χ2v) is 9.63. The Morgan fingerprint density at radius 3 is 2.39 bits per heavy atom. The summed E-state index contributed by atoms with van der Waals surface area (Å²) < 4.78 is 5.67. The van der Waals surface area contributed by atoms with Gasteiger partial charge < -0.3 is 29.9 Å². The molecule has 1 aromatic heterocycles. The Morgan fingerprint density at radius 2 is 1.79 bits per heavy atom. The van der Waals surface area contributed by atoms with E-state index in [0.29, 0.717) is 68.9 Å². The summed E-state index contributed by atoms with van der Waals surface area (Å²) in [5, 5.41) is 13.0. The molecule has 2 aliphatic heterocycles. The van der Waals surface area contributed by atoms with E-state index in [9.17, 15) is 19.5 Å². The maximum Gasteiger partial charge on any atom is 0.305 e. The van der Waals surface area contributed by atoms with Gasteiger partial charge in [-0.2, -0.15) is 4.98 Å².